The van der Waals surface area contributed by atoms with Crippen LogP contribution in [-0.4, -0.2) is 93.1 Å². The van der Waals surface area contributed by atoms with E-state index in [1.807, 2.05) is 64.1 Å². The van der Waals surface area contributed by atoms with Gasteiger partial charge in [0.05, 0.1) is 59.8 Å². The molecule has 5 heterocycles. The molecule has 0 aliphatic carbocycles. The smallest absolute Gasteiger partial charge is 0.407 e. The summed E-state index contributed by atoms with van der Waals surface area (Å²) < 4.78 is 9.48. The second kappa shape index (κ2) is 18.3. The van der Waals surface area contributed by atoms with Crippen molar-refractivity contribution >= 4 is 35.3 Å². The van der Waals surface area contributed by atoms with Crippen LogP contribution in [0.2, 0.25) is 0 Å². The van der Waals surface area contributed by atoms with Crippen LogP contribution >= 0.6 is 11.3 Å². The fourth-order valence-electron chi connectivity index (χ4n) is 7.15. The van der Waals surface area contributed by atoms with E-state index in [-0.39, 0.29) is 35.7 Å². The SMILES string of the molecule is COC(=O)NC(C(=O)N1CCC[C@H]1c1ncc(-c2ccc(C#CC#Cc3ccc(-c4cnc([C@@H]5CCCN5C(=O)[C@@H](NC(=O)OC)C(C)C)[nH]4)s3)cc2)[nH]1)C(C)C. The fourth-order valence-corrected chi connectivity index (χ4v) is 7.97. The van der Waals surface area contributed by atoms with Crippen molar-refractivity contribution in [2.75, 3.05) is 27.3 Å². The number of rotatable bonds is 10. The van der Waals surface area contributed by atoms with Crippen molar-refractivity contribution < 1.29 is 28.7 Å². The number of thiophene rings is 1. The number of carbonyl (C=O) groups excluding carboxylic acids is 4. The molecule has 15 heteroatoms. The molecule has 4 atom stereocenters. The second-order valence-corrected chi connectivity index (χ2v) is 15.8. The number of hydrogen-bond donors (Lipinski definition) is 4. The Labute approximate surface area is 336 Å². The van der Waals surface area contributed by atoms with Crippen molar-refractivity contribution in [3.05, 3.63) is 70.9 Å². The van der Waals surface area contributed by atoms with Gasteiger partial charge >= 0.3 is 12.2 Å². The molecule has 2 aliphatic heterocycles. The van der Waals surface area contributed by atoms with Gasteiger partial charge in [-0.05, 0) is 85.1 Å². The lowest BCUT2D eigenvalue weighted by molar-refractivity contribution is -0.136. The zero-order valence-corrected chi connectivity index (χ0v) is 33.8. The summed E-state index contributed by atoms with van der Waals surface area (Å²) >= 11 is 1.52. The maximum atomic E-state index is 13.5. The zero-order valence-electron chi connectivity index (χ0n) is 33.0. The molecule has 1 unspecified atom stereocenters. The van der Waals surface area contributed by atoms with E-state index < -0.39 is 24.3 Å². The van der Waals surface area contributed by atoms with Crippen LogP contribution in [0.15, 0.2) is 48.8 Å². The Kier molecular flexibility index (Phi) is 13.0. The minimum Gasteiger partial charge on any atom is -0.453 e. The van der Waals surface area contributed by atoms with Crippen LogP contribution in [0.5, 0.6) is 0 Å². The Balaban J connectivity index is 1.06. The van der Waals surface area contributed by atoms with Gasteiger partial charge in [-0.25, -0.2) is 19.6 Å². The molecule has 14 nitrogen and oxygen atoms in total. The number of nitrogens with one attached hydrogen (secondary N) is 4. The molecule has 0 bridgehead atoms. The number of aromatic nitrogens is 4. The highest BCUT2D eigenvalue weighted by Gasteiger charge is 2.39. The monoisotopic (exact) mass is 792 g/mol. The van der Waals surface area contributed by atoms with Crippen molar-refractivity contribution in [2.24, 2.45) is 11.8 Å². The maximum absolute atomic E-state index is 13.5. The Morgan fingerprint density at radius 3 is 1.77 bits per heavy atom. The van der Waals surface area contributed by atoms with Crippen molar-refractivity contribution in [1.29, 1.82) is 0 Å². The number of aromatic amines is 2. The molecule has 6 rings (SSSR count). The van der Waals surface area contributed by atoms with Crippen LogP contribution in [0.3, 0.4) is 0 Å². The summed E-state index contributed by atoms with van der Waals surface area (Å²) in [6.07, 6.45) is 5.52. The van der Waals surface area contributed by atoms with Crippen LogP contribution in [-0.2, 0) is 19.1 Å². The predicted molar refractivity (Wildman–Crippen MR) is 215 cm³/mol. The van der Waals surface area contributed by atoms with Crippen molar-refractivity contribution in [2.45, 2.75) is 77.5 Å². The maximum Gasteiger partial charge on any atom is 0.407 e. The van der Waals surface area contributed by atoms with Crippen LogP contribution in [0.25, 0.3) is 21.8 Å². The van der Waals surface area contributed by atoms with Gasteiger partial charge in [0.1, 0.15) is 23.7 Å². The molecule has 0 saturated carbocycles. The molecule has 2 saturated heterocycles. The van der Waals surface area contributed by atoms with E-state index in [0.29, 0.717) is 24.7 Å². The van der Waals surface area contributed by atoms with Gasteiger partial charge < -0.3 is 39.9 Å². The number of alkyl carbamates (subject to hydrolysis) is 2. The van der Waals surface area contributed by atoms with Gasteiger partial charge in [-0.2, -0.15) is 0 Å². The van der Waals surface area contributed by atoms with Crippen LogP contribution in [0.4, 0.5) is 9.59 Å². The molecule has 4 amide bonds. The standard InChI is InChI=1S/C42H48N8O6S/c1-25(2)35(47-41(53)55-5)39(51)49-21-9-13-32(49)37-43-23-30(45-37)28-17-15-27(16-18-28)11-7-8-12-29-19-20-34(57-29)31-24-44-38(46-31)33-14-10-22-50(33)40(52)36(26(3)4)48-42(54)56-6/h15-20,23-26,32-33,35-36H,9-10,13-14,21-22H2,1-6H3,(H,43,45)(H,44,46)(H,47,53)(H,48,54)/t32-,33-,35?,36-/m0/s1. The van der Waals surface area contributed by atoms with Gasteiger partial charge in [-0.3, -0.25) is 9.59 Å². The van der Waals surface area contributed by atoms with Gasteiger partial charge in [0.15, 0.2) is 0 Å². The number of carbonyl (C=O) groups is 4. The van der Waals surface area contributed by atoms with Gasteiger partial charge in [0.2, 0.25) is 11.8 Å². The average molecular weight is 793 g/mol. The van der Waals surface area contributed by atoms with E-state index in [4.69, 9.17) is 9.47 Å². The topological polar surface area (TPSA) is 175 Å². The first-order valence-corrected chi connectivity index (χ1v) is 19.9. The molecule has 2 fully saturated rings. The summed E-state index contributed by atoms with van der Waals surface area (Å²) in [6.45, 7) is 8.74. The highest BCUT2D eigenvalue weighted by molar-refractivity contribution is 7.16. The van der Waals surface area contributed by atoms with E-state index in [1.165, 1.54) is 25.6 Å². The number of methoxy groups -OCH3 is 2. The second-order valence-electron chi connectivity index (χ2n) is 14.7. The van der Waals surface area contributed by atoms with Gasteiger partial charge in [-0.1, -0.05) is 45.7 Å². The van der Waals surface area contributed by atoms with Gasteiger partial charge in [-0.15, -0.1) is 11.3 Å². The molecule has 4 N–H and O–H groups in total. The van der Waals surface area contributed by atoms with E-state index >= 15 is 0 Å². The number of amides is 4. The Morgan fingerprint density at radius 1 is 0.737 bits per heavy atom. The fraction of sp³-hybridized carbons (Fsp3) is 0.429. The predicted octanol–water partition coefficient (Wildman–Crippen LogP) is 6.02. The molecule has 0 radical (unpaired) electrons. The van der Waals surface area contributed by atoms with Gasteiger partial charge in [0.25, 0.3) is 0 Å². The number of H-pyrrole nitrogens is 2. The molecular formula is C42H48N8O6S. The Morgan fingerprint density at radius 2 is 1.25 bits per heavy atom. The number of ether oxygens (including phenoxy) is 2. The largest absolute Gasteiger partial charge is 0.453 e. The van der Waals surface area contributed by atoms with Crippen LogP contribution in [0.1, 0.15) is 87.6 Å². The van der Waals surface area contributed by atoms with E-state index in [9.17, 15) is 19.2 Å². The van der Waals surface area contributed by atoms with Crippen molar-refractivity contribution in [3.8, 4) is 45.5 Å². The lowest BCUT2D eigenvalue weighted by Crippen LogP contribution is -2.51. The summed E-state index contributed by atoms with van der Waals surface area (Å²) in [6, 6.07) is 9.91. The molecule has 57 heavy (non-hydrogen) atoms. The number of hydrogen-bond acceptors (Lipinski definition) is 9. The third kappa shape index (κ3) is 9.50. The minimum absolute atomic E-state index is 0.109. The number of imidazole rings is 2. The summed E-state index contributed by atoms with van der Waals surface area (Å²) in [5.74, 6) is 13.0. The zero-order chi connectivity index (χ0) is 40.6. The quantitative estimate of drug-likeness (QED) is 0.141. The molecular weight excluding hydrogens is 745 g/mol. The van der Waals surface area contributed by atoms with Crippen molar-refractivity contribution in [1.82, 2.24) is 40.4 Å². The minimum atomic E-state index is -0.692. The number of likely N-dealkylation sites (tertiary alicyclic amines) is 2. The normalized spacial score (nSPS) is 17.3. The first-order valence-electron chi connectivity index (χ1n) is 19.1. The van der Waals surface area contributed by atoms with Crippen LogP contribution in [0, 0.1) is 35.5 Å². The molecule has 298 valence electrons. The lowest BCUT2D eigenvalue weighted by Gasteiger charge is -2.30. The molecule has 4 aromatic rings. The van der Waals surface area contributed by atoms with Crippen molar-refractivity contribution in [3.63, 3.8) is 0 Å². The summed E-state index contributed by atoms with van der Waals surface area (Å²) in [5.41, 5.74) is 3.42. The summed E-state index contributed by atoms with van der Waals surface area (Å²) in [5, 5.41) is 5.36. The molecule has 2 aliphatic rings. The highest BCUT2D eigenvalue weighted by Crippen LogP contribution is 2.35. The number of nitrogens with zero attached hydrogens (tertiary/aromatic N) is 4. The highest BCUT2D eigenvalue weighted by atomic mass is 32.1. The molecule has 3 aromatic heterocycles. The van der Waals surface area contributed by atoms with E-state index in [0.717, 1.165) is 58.0 Å². The van der Waals surface area contributed by atoms with Gasteiger partial charge in [0, 0.05) is 18.7 Å². The summed E-state index contributed by atoms with van der Waals surface area (Å²) in [7, 11) is 2.57. The van der Waals surface area contributed by atoms with Crippen LogP contribution < -0.4 is 10.6 Å². The lowest BCUT2D eigenvalue weighted by atomic mass is 10.0. The third-order valence-electron chi connectivity index (χ3n) is 10.2. The summed E-state index contributed by atoms with van der Waals surface area (Å²) in [4.78, 5) is 72.3. The third-order valence-corrected chi connectivity index (χ3v) is 11.2. The molecule has 0 spiro atoms. The first kappa shape index (κ1) is 40.6. The first-order chi connectivity index (χ1) is 27.5. The Hall–Kier alpha value is -6.06. The molecule has 1 aromatic carbocycles. The average Bonchev–Trinajstić information content (AvgIpc) is 4.06. The number of benzene rings is 1. The van der Waals surface area contributed by atoms with E-state index in [1.54, 1.807) is 22.2 Å². The van der Waals surface area contributed by atoms with E-state index in [2.05, 4.69) is 54.3 Å². The Bertz CT molecular complexity index is 2200.